The van der Waals surface area contributed by atoms with Gasteiger partial charge in [-0.2, -0.15) is 0 Å². The normalized spacial score (nSPS) is 13.4. The van der Waals surface area contributed by atoms with Crippen molar-refractivity contribution in [1.29, 1.82) is 0 Å². The minimum absolute atomic E-state index is 0. The Morgan fingerprint density at radius 2 is 1.39 bits per heavy atom. The number of hydrogen-bond acceptors (Lipinski definition) is 6. The van der Waals surface area contributed by atoms with E-state index in [1.807, 2.05) is 55.2 Å². The van der Waals surface area contributed by atoms with E-state index in [0.29, 0.717) is 60.2 Å². The van der Waals surface area contributed by atoms with Gasteiger partial charge in [-0.15, -0.1) is 17.0 Å². The van der Waals surface area contributed by atoms with Crippen LogP contribution in [-0.4, -0.2) is 46.9 Å². The van der Waals surface area contributed by atoms with Gasteiger partial charge in [0.05, 0.1) is 11.2 Å². The first-order chi connectivity index (χ1) is 25.6. The highest BCUT2D eigenvalue weighted by atomic mass is 79.9. The Morgan fingerprint density at radius 3 is 1.98 bits per heavy atom. The van der Waals surface area contributed by atoms with E-state index < -0.39 is 0 Å². The SMILES string of the molecule is Br.C/C(=C\c1cc(C)c(Oc2ccc(OCc3ccc(C)cc3)cn2)c(Cl)c1)C(=O)N1CCN(Cc2ccc(COc3ccc(C(C)C)cc3)cc2)CC1. The number of amides is 1. The maximum absolute atomic E-state index is 13.4. The summed E-state index contributed by atoms with van der Waals surface area (Å²) in [6, 6.07) is 32.6. The van der Waals surface area contributed by atoms with E-state index in [4.69, 9.17) is 25.8 Å². The first-order valence-electron chi connectivity index (χ1n) is 18.2. The first kappa shape index (κ1) is 40.6. The predicted octanol–water partition coefficient (Wildman–Crippen LogP) is 10.8. The van der Waals surface area contributed by atoms with Crippen LogP contribution in [0.3, 0.4) is 0 Å². The van der Waals surface area contributed by atoms with Gasteiger partial charge in [0.1, 0.15) is 24.7 Å². The van der Waals surface area contributed by atoms with Crippen molar-refractivity contribution in [3.63, 3.8) is 0 Å². The molecule has 1 aliphatic heterocycles. The number of aryl methyl sites for hydroxylation is 2. The number of ether oxygens (including phenoxy) is 3. The van der Waals surface area contributed by atoms with Crippen LogP contribution in [0.25, 0.3) is 6.08 Å². The van der Waals surface area contributed by atoms with Gasteiger partial charge in [-0.25, -0.2) is 4.98 Å². The van der Waals surface area contributed by atoms with Gasteiger partial charge >= 0.3 is 0 Å². The topological polar surface area (TPSA) is 64.1 Å². The molecule has 7 nitrogen and oxygen atoms in total. The number of halogens is 2. The summed E-state index contributed by atoms with van der Waals surface area (Å²) in [6.45, 7) is 15.1. The Labute approximate surface area is 335 Å². The molecule has 6 rings (SSSR count). The summed E-state index contributed by atoms with van der Waals surface area (Å²) in [4.78, 5) is 22.1. The van der Waals surface area contributed by atoms with Gasteiger partial charge in [0, 0.05) is 44.4 Å². The van der Waals surface area contributed by atoms with Gasteiger partial charge in [0.25, 0.3) is 0 Å². The van der Waals surface area contributed by atoms with E-state index in [0.717, 1.165) is 47.6 Å². The van der Waals surface area contributed by atoms with Crippen molar-refractivity contribution in [3.8, 4) is 23.1 Å². The quantitative estimate of drug-likeness (QED) is 0.110. The predicted molar refractivity (Wildman–Crippen MR) is 223 cm³/mol. The minimum atomic E-state index is 0. The lowest BCUT2D eigenvalue weighted by Gasteiger charge is -2.35. The number of aromatic nitrogens is 1. The summed E-state index contributed by atoms with van der Waals surface area (Å²) in [6.07, 6.45) is 3.53. The zero-order valence-corrected chi connectivity index (χ0v) is 34.1. The highest BCUT2D eigenvalue weighted by molar-refractivity contribution is 8.93. The molecule has 0 unspecified atom stereocenters. The standard InChI is InChI=1S/C45H48ClN3O4.BrH/c1-31(2)39-14-16-40(17-15-39)51-29-37-12-10-35(11-13-37)28-48-20-22-49(23-21-48)45(50)34(5)25-38-24-33(4)44(42(46)26-38)53-43-19-18-41(27-47-43)52-30-36-8-6-32(3)7-9-36;/h6-19,24-27,31H,20-23,28-30H2,1-5H3;1H/b34-25+;. The van der Waals surface area contributed by atoms with Crippen molar-refractivity contribution in [2.75, 3.05) is 26.2 Å². The molecule has 1 fully saturated rings. The summed E-state index contributed by atoms with van der Waals surface area (Å²) < 4.78 is 17.9. The van der Waals surface area contributed by atoms with E-state index in [-0.39, 0.29) is 22.9 Å². The molecule has 4 aromatic carbocycles. The summed E-state index contributed by atoms with van der Waals surface area (Å²) in [7, 11) is 0. The molecule has 0 aliphatic carbocycles. The molecular formula is C45H49BrClN3O4. The molecule has 1 aromatic heterocycles. The number of piperazine rings is 1. The molecule has 1 amide bonds. The summed E-state index contributed by atoms with van der Waals surface area (Å²) in [5.41, 5.74) is 8.35. The lowest BCUT2D eigenvalue weighted by atomic mass is 10.0. The molecular weight excluding hydrogens is 762 g/mol. The molecule has 9 heteroatoms. The van der Waals surface area contributed by atoms with E-state index in [9.17, 15) is 4.79 Å². The van der Waals surface area contributed by atoms with E-state index in [1.54, 1.807) is 12.3 Å². The van der Waals surface area contributed by atoms with Crippen LogP contribution in [-0.2, 0) is 24.6 Å². The van der Waals surface area contributed by atoms with E-state index in [1.165, 1.54) is 16.7 Å². The first-order valence-corrected chi connectivity index (χ1v) is 18.6. The Bertz CT molecular complexity index is 1980. The molecule has 0 radical (unpaired) electrons. The molecule has 54 heavy (non-hydrogen) atoms. The highest BCUT2D eigenvalue weighted by Gasteiger charge is 2.22. The molecule has 1 saturated heterocycles. The third-order valence-corrected chi connectivity index (χ3v) is 9.74. The largest absolute Gasteiger partial charge is 0.489 e. The number of rotatable bonds is 13. The van der Waals surface area contributed by atoms with Crippen LogP contribution in [0.1, 0.15) is 65.6 Å². The zero-order chi connectivity index (χ0) is 37.3. The molecule has 0 saturated carbocycles. The molecule has 0 bridgehead atoms. The van der Waals surface area contributed by atoms with Gasteiger partial charge in [-0.05, 0) is 96.5 Å². The van der Waals surface area contributed by atoms with Crippen LogP contribution in [0.5, 0.6) is 23.1 Å². The second-order valence-electron chi connectivity index (χ2n) is 14.1. The van der Waals surface area contributed by atoms with Gasteiger partial charge in [-0.3, -0.25) is 9.69 Å². The minimum Gasteiger partial charge on any atom is -0.489 e. The van der Waals surface area contributed by atoms with Crippen LogP contribution in [0.2, 0.25) is 5.02 Å². The van der Waals surface area contributed by atoms with E-state index >= 15 is 0 Å². The summed E-state index contributed by atoms with van der Waals surface area (Å²) in [5.74, 6) is 3.02. The number of hydrogen-bond donors (Lipinski definition) is 0. The Hall–Kier alpha value is -4.63. The summed E-state index contributed by atoms with van der Waals surface area (Å²) >= 11 is 6.69. The van der Waals surface area contributed by atoms with Crippen LogP contribution in [0, 0.1) is 13.8 Å². The maximum Gasteiger partial charge on any atom is 0.249 e. The second kappa shape index (κ2) is 19.1. The molecule has 5 aromatic rings. The van der Waals surface area contributed by atoms with Gasteiger partial charge in [0.2, 0.25) is 11.8 Å². The third kappa shape index (κ3) is 11.2. The van der Waals surface area contributed by atoms with Crippen molar-refractivity contribution < 1.29 is 19.0 Å². The average molecular weight is 811 g/mol. The third-order valence-electron chi connectivity index (χ3n) is 9.46. The van der Waals surface area contributed by atoms with Gasteiger partial charge in [0.15, 0.2) is 5.75 Å². The van der Waals surface area contributed by atoms with Crippen molar-refractivity contribution >= 4 is 40.6 Å². The smallest absolute Gasteiger partial charge is 0.249 e. The van der Waals surface area contributed by atoms with E-state index in [2.05, 4.69) is 91.3 Å². The monoisotopic (exact) mass is 809 g/mol. The maximum atomic E-state index is 13.4. The van der Waals surface area contributed by atoms with Crippen molar-refractivity contribution in [1.82, 2.24) is 14.8 Å². The Kier molecular flexibility index (Phi) is 14.3. The number of carbonyl (C=O) groups excluding carboxylic acids is 1. The molecule has 0 atom stereocenters. The lowest BCUT2D eigenvalue weighted by Crippen LogP contribution is -2.48. The molecule has 1 aliphatic rings. The van der Waals surface area contributed by atoms with Gasteiger partial charge in [-0.1, -0.05) is 91.7 Å². The molecule has 282 valence electrons. The summed E-state index contributed by atoms with van der Waals surface area (Å²) in [5, 5.41) is 0.448. The van der Waals surface area contributed by atoms with Crippen molar-refractivity contribution in [2.24, 2.45) is 0 Å². The van der Waals surface area contributed by atoms with Crippen LogP contribution < -0.4 is 14.2 Å². The molecule has 2 heterocycles. The fraction of sp³-hybridized carbons (Fsp3) is 0.289. The fourth-order valence-corrected chi connectivity index (χ4v) is 6.54. The number of nitrogens with zero attached hydrogens (tertiary/aromatic N) is 3. The van der Waals surface area contributed by atoms with Crippen LogP contribution >= 0.6 is 28.6 Å². The van der Waals surface area contributed by atoms with Gasteiger partial charge < -0.3 is 19.1 Å². The van der Waals surface area contributed by atoms with Crippen molar-refractivity contribution in [2.45, 2.75) is 60.3 Å². The highest BCUT2D eigenvalue weighted by Crippen LogP contribution is 2.34. The van der Waals surface area contributed by atoms with Crippen molar-refractivity contribution in [3.05, 3.63) is 153 Å². The average Bonchev–Trinajstić information content (AvgIpc) is 3.16. The Morgan fingerprint density at radius 1 is 0.796 bits per heavy atom. The number of carbonyl (C=O) groups is 1. The van der Waals surface area contributed by atoms with Crippen LogP contribution in [0.15, 0.2) is 109 Å². The number of pyridine rings is 1. The molecule has 0 N–H and O–H groups in total. The van der Waals surface area contributed by atoms with Crippen LogP contribution in [0.4, 0.5) is 0 Å². The fourth-order valence-electron chi connectivity index (χ4n) is 6.22. The second-order valence-corrected chi connectivity index (χ2v) is 14.5. The molecule has 0 spiro atoms. The zero-order valence-electron chi connectivity index (χ0n) is 31.7. The number of benzene rings is 4. The Balaban J connectivity index is 0.00000561. The lowest BCUT2D eigenvalue weighted by molar-refractivity contribution is -0.128.